The largest absolute Gasteiger partial charge is 0.399 e. The van der Waals surface area contributed by atoms with Crippen molar-refractivity contribution in [3.63, 3.8) is 0 Å². The number of hydrogen-bond donors (Lipinski definition) is 2. The summed E-state index contributed by atoms with van der Waals surface area (Å²) >= 11 is 0. The van der Waals surface area contributed by atoms with Gasteiger partial charge in [0.15, 0.2) is 0 Å². The minimum Gasteiger partial charge on any atom is -0.399 e. The maximum Gasteiger partial charge on any atom is 0.234 e. The molecular weight excluding hydrogens is 226 g/mol. The number of rotatable bonds is 6. The third-order valence-corrected chi connectivity index (χ3v) is 3.15. The number of nitrogens with zero attached hydrogens (tertiary/aromatic N) is 1. The lowest BCUT2D eigenvalue weighted by molar-refractivity contribution is -0.122. The highest BCUT2D eigenvalue weighted by Crippen LogP contribution is 2.28. The number of nitrogens with two attached hydrogens (primary N) is 1. The van der Waals surface area contributed by atoms with E-state index in [1.807, 2.05) is 31.2 Å². The Kier molecular flexibility index (Phi) is 4.20. The molecule has 1 aliphatic carbocycles. The summed E-state index contributed by atoms with van der Waals surface area (Å²) in [5.74, 6) is 0.111. The van der Waals surface area contributed by atoms with Gasteiger partial charge in [-0.15, -0.1) is 0 Å². The lowest BCUT2D eigenvalue weighted by Crippen LogP contribution is -2.38. The van der Waals surface area contributed by atoms with Crippen molar-refractivity contribution in [2.45, 2.75) is 32.4 Å². The smallest absolute Gasteiger partial charge is 0.234 e. The molecule has 0 radical (unpaired) electrons. The summed E-state index contributed by atoms with van der Waals surface area (Å²) in [5, 5.41) is 2.85. The first-order valence-corrected chi connectivity index (χ1v) is 6.54. The molecule has 0 heterocycles. The van der Waals surface area contributed by atoms with Crippen molar-refractivity contribution < 1.29 is 4.79 Å². The van der Waals surface area contributed by atoms with E-state index in [0.29, 0.717) is 19.1 Å². The molecule has 4 heteroatoms. The average molecular weight is 247 g/mol. The molecule has 0 aliphatic heterocycles. The number of benzene rings is 1. The highest BCUT2D eigenvalue weighted by atomic mass is 16.2. The summed E-state index contributed by atoms with van der Waals surface area (Å²) in [4.78, 5) is 13.9. The summed E-state index contributed by atoms with van der Waals surface area (Å²) in [6.45, 7) is 3.95. The maximum atomic E-state index is 11.7. The zero-order valence-electron chi connectivity index (χ0n) is 10.9. The van der Waals surface area contributed by atoms with Crippen LogP contribution in [-0.2, 0) is 11.3 Å². The van der Waals surface area contributed by atoms with Gasteiger partial charge in [0.2, 0.25) is 5.91 Å². The Balaban J connectivity index is 1.93. The molecule has 1 saturated carbocycles. The van der Waals surface area contributed by atoms with Crippen LogP contribution in [0.25, 0.3) is 0 Å². The SMILES string of the molecule is CCNC(=O)CN(Cc1ccc(N)cc1)C1CC1. The normalized spacial score (nSPS) is 14.8. The molecule has 0 atom stereocenters. The van der Waals surface area contributed by atoms with E-state index in [1.165, 1.54) is 18.4 Å². The topological polar surface area (TPSA) is 58.4 Å². The number of carbonyl (C=O) groups excluding carboxylic acids is 1. The molecule has 98 valence electrons. The van der Waals surface area contributed by atoms with Gasteiger partial charge in [0.25, 0.3) is 0 Å². The standard InChI is InChI=1S/C14H21N3O/c1-2-16-14(18)10-17(13-7-8-13)9-11-3-5-12(15)6-4-11/h3-6,13H,2,7-10,15H2,1H3,(H,16,18). The predicted octanol–water partition coefficient (Wildman–Crippen LogP) is 1.37. The predicted molar refractivity (Wildman–Crippen MR) is 73.0 cm³/mol. The average Bonchev–Trinajstić information content (AvgIpc) is 3.15. The molecular formula is C14H21N3O. The van der Waals surface area contributed by atoms with Crippen LogP contribution in [0.5, 0.6) is 0 Å². The highest BCUT2D eigenvalue weighted by molar-refractivity contribution is 5.78. The lowest BCUT2D eigenvalue weighted by Gasteiger charge is -2.21. The molecule has 0 saturated heterocycles. The maximum absolute atomic E-state index is 11.7. The first kappa shape index (κ1) is 12.9. The van der Waals surface area contributed by atoms with Crippen LogP contribution in [0.2, 0.25) is 0 Å². The first-order valence-electron chi connectivity index (χ1n) is 6.54. The van der Waals surface area contributed by atoms with Gasteiger partial charge in [-0.25, -0.2) is 0 Å². The van der Waals surface area contributed by atoms with Gasteiger partial charge in [-0.2, -0.15) is 0 Å². The molecule has 1 aromatic rings. The second-order valence-electron chi connectivity index (χ2n) is 4.83. The number of carbonyl (C=O) groups is 1. The van der Waals surface area contributed by atoms with Crippen molar-refractivity contribution in [3.05, 3.63) is 29.8 Å². The monoisotopic (exact) mass is 247 g/mol. The van der Waals surface area contributed by atoms with E-state index < -0.39 is 0 Å². The fourth-order valence-corrected chi connectivity index (χ4v) is 2.05. The molecule has 4 nitrogen and oxygen atoms in total. The van der Waals surface area contributed by atoms with Crippen LogP contribution in [0.3, 0.4) is 0 Å². The molecule has 0 unspecified atom stereocenters. The molecule has 0 aromatic heterocycles. The molecule has 18 heavy (non-hydrogen) atoms. The second kappa shape index (κ2) is 5.87. The molecule has 1 aromatic carbocycles. The van der Waals surface area contributed by atoms with Crippen molar-refractivity contribution in [2.75, 3.05) is 18.8 Å². The van der Waals surface area contributed by atoms with Crippen molar-refractivity contribution in [3.8, 4) is 0 Å². The summed E-state index contributed by atoms with van der Waals surface area (Å²) in [6, 6.07) is 8.45. The van der Waals surface area contributed by atoms with E-state index in [-0.39, 0.29) is 5.91 Å². The number of likely N-dealkylation sites (N-methyl/N-ethyl adjacent to an activating group) is 1. The van der Waals surface area contributed by atoms with Crippen LogP contribution in [0, 0.1) is 0 Å². The van der Waals surface area contributed by atoms with E-state index in [9.17, 15) is 4.79 Å². The minimum absolute atomic E-state index is 0.111. The molecule has 2 rings (SSSR count). The van der Waals surface area contributed by atoms with Crippen LogP contribution in [0.1, 0.15) is 25.3 Å². The number of nitrogens with one attached hydrogen (secondary N) is 1. The van der Waals surface area contributed by atoms with Gasteiger partial charge in [-0.05, 0) is 37.5 Å². The van der Waals surface area contributed by atoms with Crippen LogP contribution < -0.4 is 11.1 Å². The molecule has 1 aliphatic rings. The van der Waals surface area contributed by atoms with Gasteiger partial charge < -0.3 is 11.1 Å². The van der Waals surface area contributed by atoms with Crippen LogP contribution in [0.15, 0.2) is 24.3 Å². The van der Waals surface area contributed by atoms with Crippen LogP contribution in [-0.4, -0.2) is 29.9 Å². The van der Waals surface area contributed by atoms with E-state index in [4.69, 9.17) is 5.73 Å². The Morgan fingerprint density at radius 3 is 2.61 bits per heavy atom. The fraction of sp³-hybridized carbons (Fsp3) is 0.500. The van der Waals surface area contributed by atoms with Gasteiger partial charge in [0.05, 0.1) is 6.54 Å². The number of nitrogen functional groups attached to an aromatic ring is 1. The zero-order chi connectivity index (χ0) is 13.0. The van der Waals surface area contributed by atoms with Crippen molar-refractivity contribution in [1.29, 1.82) is 0 Å². The Morgan fingerprint density at radius 2 is 2.06 bits per heavy atom. The highest BCUT2D eigenvalue weighted by Gasteiger charge is 2.30. The number of amides is 1. The quantitative estimate of drug-likeness (QED) is 0.746. The number of anilines is 1. The van der Waals surface area contributed by atoms with Gasteiger partial charge in [-0.3, -0.25) is 9.69 Å². The van der Waals surface area contributed by atoms with Gasteiger partial charge in [0, 0.05) is 24.8 Å². The zero-order valence-corrected chi connectivity index (χ0v) is 10.9. The van der Waals surface area contributed by atoms with E-state index in [2.05, 4.69) is 10.2 Å². The third-order valence-electron chi connectivity index (χ3n) is 3.15. The Bertz CT molecular complexity index is 398. The van der Waals surface area contributed by atoms with Crippen molar-refractivity contribution >= 4 is 11.6 Å². The summed E-state index contributed by atoms with van der Waals surface area (Å²) in [6.07, 6.45) is 2.41. The second-order valence-corrected chi connectivity index (χ2v) is 4.83. The Morgan fingerprint density at radius 1 is 1.39 bits per heavy atom. The van der Waals surface area contributed by atoms with Crippen molar-refractivity contribution in [2.24, 2.45) is 0 Å². The Labute approximate surface area is 108 Å². The van der Waals surface area contributed by atoms with Crippen molar-refractivity contribution in [1.82, 2.24) is 10.2 Å². The van der Waals surface area contributed by atoms with Crippen LogP contribution in [0.4, 0.5) is 5.69 Å². The first-order chi connectivity index (χ1) is 8.69. The van der Waals surface area contributed by atoms with E-state index in [0.717, 1.165) is 12.2 Å². The van der Waals surface area contributed by atoms with E-state index in [1.54, 1.807) is 0 Å². The molecule has 0 bridgehead atoms. The molecule has 1 amide bonds. The van der Waals surface area contributed by atoms with Gasteiger partial charge >= 0.3 is 0 Å². The summed E-state index contributed by atoms with van der Waals surface area (Å²) < 4.78 is 0. The summed E-state index contributed by atoms with van der Waals surface area (Å²) in [5.41, 5.74) is 7.66. The molecule has 3 N–H and O–H groups in total. The fourth-order valence-electron chi connectivity index (χ4n) is 2.05. The minimum atomic E-state index is 0.111. The van der Waals surface area contributed by atoms with Gasteiger partial charge in [0.1, 0.15) is 0 Å². The van der Waals surface area contributed by atoms with Gasteiger partial charge in [-0.1, -0.05) is 12.1 Å². The van der Waals surface area contributed by atoms with Crippen LogP contribution >= 0.6 is 0 Å². The summed E-state index contributed by atoms with van der Waals surface area (Å²) in [7, 11) is 0. The number of hydrogen-bond acceptors (Lipinski definition) is 3. The van der Waals surface area contributed by atoms with E-state index >= 15 is 0 Å². The Hall–Kier alpha value is -1.55. The third kappa shape index (κ3) is 3.74. The lowest BCUT2D eigenvalue weighted by atomic mass is 10.2. The molecule has 1 fully saturated rings. The molecule has 0 spiro atoms.